The molecule has 0 amide bonds. The fraction of sp³-hybridized carbons (Fsp3) is 0.500. The number of hydrogen-bond acceptors (Lipinski definition) is 1. The minimum absolute atomic E-state index is 0.220. The Morgan fingerprint density at radius 2 is 1.71 bits per heavy atom. The zero-order valence-corrected chi connectivity index (χ0v) is 11.1. The number of aliphatic hydroxyl groups excluding tert-OH is 1. The van der Waals surface area contributed by atoms with E-state index < -0.39 is 0 Å². The molecule has 2 heteroatoms. The average molecular weight is 304 g/mol. The number of halogens is 1. The molecule has 1 aromatic carbocycles. The molecule has 1 rings (SSSR count). The quantitative estimate of drug-likeness (QED) is 0.847. The lowest BCUT2D eigenvalue weighted by Crippen LogP contribution is -2.01. The molecule has 0 fully saturated rings. The van der Waals surface area contributed by atoms with Gasteiger partial charge < -0.3 is 5.11 Å². The lowest BCUT2D eigenvalue weighted by Gasteiger charge is -2.13. The summed E-state index contributed by atoms with van der Waals surface area (Å²) in [5, 5.41) is 9.11. The Bertz CT molecular complexity index is 307. The fourth-order valence-electron chi connectivity index (χ4n) is 1.36. The topological polar surface area (TPSA) is 20.2 Å². The number of aliphatic hydroxyl groups is 1. The lowest BCUT2D eigenvalue weighted by molar-refractivity contribution is 0.273. The normalized spacial score (nSPS) is 13.3. The summed E-state index contributed by atoms with van der Waals surface area (Å²) < 4.78 is 1.25. The molecule has 0 heterocycles. The Hall–Kier alpha value is -0.0900. The van der Waals surface area contributed by atoms with Crippen LogP contribution in [0.5, 0.6) is 0 Å². The Balaban J connectivity index is 3.07. The van der Waals surface area contributed by atoms with Gasteiger partial charge in [-0.05, 0) is 51.8 Å². The first-order valence-corrected chi connectivity index (χ1v) is 6.03. The molecular formula is C12H17IO. The van der Waals surface area contributed by atoms with Gasteiger partial charge >= 0.3 is 0 Å². The van der Waals surface area contributed by atoms with Crippen LogP contribution in [0.2, 0.25) is 0 Å². The van der Waals surface area contributed by atoms with Gasteiger partial charge in [0.2, 0.25) is 0 Å². The molecule has 0 aliphatic heterocycles. The first kappa shape index (κ1) is 12.0. The Morgan fingerprint density at radius 1 is 1.14 bits per heavy atom. The van der Waals surface area contributed by atoms with Crippen molar-refractivity contribution in [2.45, 2.75) is 32.6 Å². The maximum absolute atomic E-state index is 9.11. The average Bonchev–Trinajstić information content (AvgIpc) is 2.15. The van der Waals surface area contributed by atoms with Crippen LogP contribution in [0.15, 0.2) is 18.2 Å². The van der Waals surface area contributed by atoms with Crippen molar-refractivity contribution < 1.29 is 5.11 Å². The van der Waals surface area contributed by atoms with E-state index in [9.17, 15) is 0 Å². The summed E-state index contributed by atoms with van der Waals surface area (Å²) in [7, 11) is 0. The van der Waals surface area contributed by atoms with Crippen LogP contribution in [-0.2, 0) is 0 Å². The second-order valence-corrected chi connectivity index (χ2v) is 5.30. The van der Waals surface area contributed by atoms with E-state index in [1.54, 1.807) is 0 Å². The van der Waals surface area contributed by atoms with Gasteiger partial charge in [0.15, 0.2) is 0 Å². The molecular weight excluding hydrogens is 287 g/mol. The second-order valence-electron chi connectivity index (χ2n) is 4.06. The van der Waals surface area contributed by atoms with Crippen LogP contribution in [-0.4, -0.2) is 11.7 Å². The van der Waals surface area contributed by atoms with Crippen LogP contribution in [0.3, 0.4) is 0 Å². The maximum Gasteiger partial charge on any atom is 0.0497 e. The summed E-state index contributed by atoms with van der Waals surface area (Å²) >= 11 is 2.33. The van der Waals surface area contributed by atoms with Gasteiger partial charge in [-0.15, -0.1) is 0 Å². The standard InChI is InChI=1S/C12H17IO/c1-8(2)10-4-11(9(3)7-14)6-12(13)5-10/h4-6,8-9,14H,7H2,1-3H3. The molecule has 1 nitrogen and oxygen atoms in total. The monoisotopic (exact) mass is 304 g/mol. The second kappa shape index (κ2) is 5.12. The highest BCUT2D eigenvalue weighted by Crippen LogP contribution is 2.24. The SMILES string of the molecule is CC(C)c1cc(I)cc(C(C)CO)c1. The molecule has 1 aromatic rings. The molecule has 0 saturated heterocycles. The zero-order chi connectivity index (χ0) is 10.7. The maximum atomic E-state index is 9.11. The van der Waals surface area contributed by atoms with Crippen LogP contribution < -0.4 is 0 Å². The van der Waals surface area contributed by atoms with Crippen molar-refractivity contribution in [2.75, 3.05) is 6.61 Å². The molecule has 0 bridgehead atoms. The first-order valence-electron chi connectivity index (χ1n) is 4.95. The van der Waals surface area contributed by atoms with Crippen LogP contribution >= 0.6 is 22.6 Å². The van der Waals surface area contributed by atoms with Crippen molar-refractivity contribution in [1.82, 2.24) is 0 Å². The van der Waals surface area contributed by atoms with Gasteiger partial charge in [0.05, 0.1) is 0 Å². The zero-order valence-electron chi connectivity index (χ0n) is 8.92. The number of hydrogen-bond donors (Lipinski definition) is 1. The van der Waals surface area contributed by atoms with Crippen LogP contribution in [0.25, 0.3) is 0 Å². The molecule has 1 unspecified atom stereocenters. The fourth-order valence-corrected chi connectivity index (χ4v) is 2.08. The summed E-state index contributed by atoms with van der Waals surface area (Å²) in [4.78, 5) is 0. The third-order valence-electron chi connectivity index (χ3n) is 2.45. The summed E-state index contributed by atoms with van der Waals surface area (Å²) in [5.41, 5.74) is 2.59. The predicted octanol–water partition coefficient (Wildman–Crippen LogP) is 3.51. The molecule has 0 radical (unpaired) electrons. The Labute approximate surface area is 99.7 Å². The minimum Gasteiger partial charge on any atom is -0.396 e. The Morgan fingerprint density at radius 3 is 2.21 bits per heavy atom. The van der Waals surface area contributed by atoms with E-state index in [0.29, 0.717) is 5.92 Å². The van der Waals surface area contributed by atoms with E-state index in [-0.39, 0.29) is 12.5 Å². The van der Waals surface area contributed by atoms with Crippen molar-refractivity contribution in [1.29, 1.82) is 0 Å². The highest BCUT2D eigenvalue weighted by molar-refractivity contribution is 14.1. The van der Waals surface area contributed by atoms with Gasteiger partial charge in [0.25, 0.3) is 0 Å². The van der Waals surface area contributed by atoms with Gasteiger partial charge in [-0.1, -0.05) is 26.8 Å². The molecule has 0 aromatic heterocycles. The molecule has 1 atom stereocenters. The largest absolute Gasteiger partial charge is 0.396 e. The highest BCUT2D eigenvalue weighted by Gasteiger charge is 2.08. The van der Waals surface area contributed by atoms with E-state index in [1.807, 2.05) is 0 Å². The van der Waals surface area contributed by atoms with E-state index in [1.165, 1.54) is 14.7 Å². The van der Waals surface area contributed by atoms with Gasteiger partial charge in [-0.2, -0.15) is 0 Å². The lowest BCUT2D eigenvalue weighted by atomic mass is 9.95. The highest BCUT2D eigenvalue weighted by atomic mass is 127. The molecule has 1 N–H and O–H groups in total. The molecule has 14 heavy (non-hydrogen) atoms. The van der Waals surface area contributed by atoms with Gasteiger partial charge in [0, 0.05) is 16.1 Å². The molecule has 78 valence electrons. The van der Waals surface area contributed by atoms with E-state index in [0.717, 1.165) is 0 Å². The molecule has 0 aliphatic carbocycles. The summed E-state index contributed by atoms with van der Waals surface area (Å²) in [6.07, 6.45) is 0. The van der Waals surface area contributed by atoms with Crippen LogP contribution in [0, 0.1) is 3.57 Å². The minimum atomic E-state index is 0.220. The summed E-state index contributed by atoms with van der Waals surface area (Å²) in [5.74, 6) is 0.788. The molecule has 0 spiro atoms. The first-order chi connectivity index (χ1) is 6.54. The number of rotatable bonds is 3. The van der Waals surface area contributed by atoms with Gasteiger partial charge in [-0.25, -0.2) is 0 Å². The van der Waals surface area contributed by atoms with E-state index in [4.69, 9.17) is 5.11 Å². The van der Waals surface area contributed by atoms with Crippen molar-refractivity contribution in [3.8, 4) is 0 Å². The van der Waals surface area contributed by atoms with Crippen molar-refractivity contribution in [3.05, 3.63) is 32.9 Å². The van der Waals surface area contributed by atoms with Crippen LogP contribution in [0.4, 0.5) is 0 Å². The van der Waals surface area contributed by atoms with E-state index in [2.05, 4.69) is 61.6 Å². The van der Waals surface area contributed by atoms with Crippen molar-refractivity contribution in [3.63, 3.8) is 0 Å². The molecule has 0 aliphatic rings. The Kier molecular flexibility index (Phi) is 4.38. The third kappa shape index (κ3) is 2.95. The molecule has 0 saturated carbocycles. The summed E-state index contributed by atoms with van der Waals surface area (Å²) in [6.45, 7) is 6.66. The van der Waals surface area contributed by atoms with Gasteiger partial charge in [-0.3, -0.25) is 0 Å². The smallest absolute Gasteiger partial charge is 0.0497 e. The third-order valence-corrected chi connectivity index (χ3v) is 3.07. The van der Waals surface area contributed by atoms with E-state index >= 15 is 0 Å². The van der Waals surface area contributed by atoms with Crippen molar-refractivity contribution in [2.24, 2.45) is 0 Å². The number of benzene rings is 1. The van der Waals surface area contributed by atoms with Gasteiger partial charge in [0.1, 0.15) is 0 Å². The van der Waals surface area contributed by atoms with Crippen LogP contribution in [0.1, 0.15) is 43.7 Å². The summed E-state index contributed by atoms with van der Waals surface area (Å²) in [6, 6.07) is 6.56. The van der Waals surface area contributed by atoms with Crippen molar-refractivity contribution >= 4 is 22.6 Å². The predicted molar refractivity (Wildman–Crippen MR) is 68.7 cm³/mol.